The van der Waals surface area contributed by atoms with E-state index >= 15 is 0 Å². The summed E-state index contributed by atoms with van der Waals surface area (Å²) in [5.41, 5.74) is 0. The van der Waals surface area contributed by atoms with Gasteiger partial charge in [-0.3, -0.25) is 4.90 Å². The van der Waals surface area contributed by atoms with E-state index < -0.39 is 9.84 Å². The molecule has 0 aromatic heterocycles. The number of rotatable bonds is 4. The zero-order chi connectivity index (χ0) is 16.4. The Morgan fingerprint density at radius 3 is 2.74 bits per heavy atom. The van der Waals surface area contributed by atoms with Gasteiger partial charge < -0.3 is 4.90 Å². The maximum atomic E-state index is 12.6. The third kappa shape index (κ3) is 4.20. The number of sulfone groups is 1. The minimum atomic E-state index is -3.42. The fraction of sp³-hybridized carbons (Fsp3) is 0.625. The van der Waals surface area contributed by atoms with Crippen molar-refractivity contribution in [3.8, 4) is 0 Å². The van der Waals surface area contributed by atoms with E-state index in [1.54, 1.807) is 12.1 Å². The van der Waals surface area contributed by atoms with E-state index in [2.05, 4.69) is 9.80 Å². The van der Waals surface area contributed by atoms with Crippen molar-refractivity contribution in [3.05, 3.63) is 28.2 Å². The van der Waals surface area contributed by atoms with Gasteiger partial charge in [-0.25, -0.2) is 8.42 Å². The highest BCUT2D eigenvalue weighted by atomic mass is 35.5. The first-order valence-electron chi connectivity index (χ1n) is 8.10. The molecule has 23 heavy (non-hydrogen) atoms. The van der Waals surface area contributed by atoms with Crippen LogP contribution in [0.2, 0.25) is 10.0 Å². The number of hydrogen-bond acceptors (Lipinski definition) is 4. The molecule has 4 nitrogen and oxygen atoms in total. The minimum Gasteiger partial charge on any atom is -0.301 e. The van der Waals surface area contributed by atoms with Crippen LogP contribution in [0.3, 0.4) is 0 Å². The molecule has 2 aliphatic heterocycles. The van der Waals surface area contributed by atoms with Crippen LogP contribution in [0, 0.1) is 0 Å². The first-order valence-corrected chi connectivity index (χ1v) is 10.5. The molecular formula is C16H22Cl2N2O2S. The molecule has 7 heteroatoms. The van der Waals surface area contributed by atoms with Crippen molar-refractivity contribution in [1.29, 1.82) is 0 Å². The largest absolute Gasteiger partial charge is 0.301 e. The predicted octanol–water partition coefficient (Wildman–Crippen LogP) is 2.94. The van der Waals surface area contributed by atoms with Crippen LogP contribution in [0.15, 0.2) is 23.1 Å². The van der Waals surface area contributed by atoms with Gasteiger partial charge in [0.25, 0.3) is 0 Å². The average Bonchev–Trinajstić information content (AvgIpc) is 2.85. The van der Waals surface area contributed by atoms with E-state index in [0.29, 0.717) is 17.6 Å². The first kappa shape index (κ1) is 17.5. The second-order valence-electron chi connectivity index (χ2n) is 6.38. The number of benzene rings is 1. The van der Waals surface area contributed by atoms with Crippen LogP contribution in [0.1, 0.15) is 19.3 Å². The predicted molar refractivity (Wildman–Crippen MR) is 94.2 cm³/mol. The lowest BCUT2D eigenvalue weighted by Gasteiger charge is -2.25. The van der Waals surface area contributed by atoms with Gasteiger partial charge in [-0.05, 0) is 57.1 Å². The van der Waals surface area contributed by atoms with Gasteiger partial charge in [-0.15, -0.1) is 0 Å². The Morgan fingerprint density at radius 1 is 1.13 bits per heavy atom. The highest BCUT2D eigenvalue weighted by molar-refractivity contribution is 7.91. The van der Waals surface area contributed by atoms with Crippen LogP contribution in [-0.2, 0) is 9.84 Å². The van der Waals surface area contributed by atoms with E-state index in [4.69, 9.17) is 23.2 Å². The summed E-state index contributed by atoms with van der Waals surface area (Å²) in [4.78, 5) is 4.97. The molecule has 1 aromatic carbocycles. The maximum absolute atomic E-state index is 12.6. The molecule has 0 bridgehead atoms. The monoisotopic (exact) mass is 376 g/mol. The minimum absolute atomic E-state index is 0.0831. The van der Waals surface area contributed by atoms with Gasteiger partial charge in [0.1, 0.15) is 0 Å². The maximum Gasteiger partial charge on any atom is 0.181 e. The van der Waals surface area contributed by atoms with Crippen LogP contribution in [0.5, 0.6) is 0 Å². The van der Waals surface area contributed by atoms with Crippen LogP contribution in [-0.4, -0.2) is 62.7 Å². The van der Waals surface area contributed by atoms with Crippen molar-refractivity contribution >= 4 is 33.0 Å². The van der Waals surface area contributed by atoms with Crippen molar-refractivity contribution in [2.45, 2.75) is 30.2 Å². The van der Waals surface area contributed by atoms with Crippen LogP contribution in [0.25, 0.3) is 0 Å². The summed E-state index contributed by atoms with van der Waals surface area (Å²) < 4.78 is 25.2. The summed E-state index contributed by atoms with van der Waals surface area (Å²) >= 11 is 12.0. The van der Waals surface area contributed by atoms with E-state index in [1.807, 2.05) is 0 Å². The summed E-state index contributed by atoms with van der Waals surface area (Å²) in [6.07, 6.45) is 3.59. The van der Waals surface area contributed by atoms with Gasteiger partial charge >= 0.3 is 0 Å². The average molecular weight is 377 g/mol. The first-order chi connectivity index (χ1) is 11.0. The van der Waals surface area contributed by atoms with E-state index in [-0.39, 0.29) is 15.7 Å². The quantitative estimate of drug-likeness (QED) is 0.809. The zero-order valence-electron chi connectivity index (χ0n) is 13.0. The fourth-order valence-electron chi connectivity index (χ4n) is 3.56. The van der Waals surface area contributed by atoms with Gasteiger partial charge in [0.05, 0.1) is 15.7 Å². The lowest BCUT2D eigenvalue weighted by atomic mass is 10.2. The van der Waals surface area contributed by atoms with E-state index in [0.717, 1.165) is 26.1 Å². The molecule has 1 atom stereocenters. The third-order valence-electron chi connectivity index (χ3n) is 4.79. The van der Waals surface area contributed by atoms with Gasteiger partial charge in [0.15, 0.2) is 9.84 Å². The van der Waals surface area contributed by atoms with Crippen molar-refractivity contribution < 1.29 is 8.42 Å². The number of hydrogen-bond donors (Lipinski definition) is 0. The highest BCUT2D eigenvalue weighted by Crippen LogP contribution is 2.26. The molecule has 0 radical (unpaired) electrons. The molecule has 2 aliphatic rings. The Morgan fingerprint density at radius 2 is 1.91 bits per heavy atom. The van der Waals surface area contributed by atoms with Gasteiger partial charge in [0.2, 0.25) is 0 Å². The number of halogens is 2. The van der Waals surface area contributed by atoms with Crippen molar-refractivity contribution in [3.63, 3.8) is 0 Å². The Bertz CT molecular complexity index is 666. The van der Waals surface area contributed by atoms with E-state index in [9.17, 15) is 8.42 Å². The fourth-order valence-corrected chi connectivity index (χ4v) is 5.66. The Hall–Kier alpha value is -0.330. The highest BCUT2D eigenvalue weighted by Gasteiger charge is 2.29. The van der Waals surface area contributed by atoms with Crippen LogP contribution in [0.4, 0.5) is 0 Å². The lowest BCUT2D eigenvalue weighted by Crippen LogP contribution is -2.38. The topological polar surface area (TPSA) is 40.6 Å². The van der Waals surface area contributed by atoms with Gasteiger partial charge in [-0.2, -0.15) is 0 Å². The summed E-state index contributed by atoms with van der Waals surface area (Å²) in [7, 11) is -3.42. The Balaban J connectivity index is 1.65. The number of fused-ring (bicyclic) bond motifs is 1. The molecule has 0 amide bonds. The molecule has 128 valence electrons. The molecule has 0 spiro atoms. The second kappa shape index (κ2) is 7.28. The molecule has 0 aliphatic carbocycles. The molecular weight excluding hydrogens is 355 g/mol. The van der Waals surface area contributed by atoms with Gasteiger partial charge in [-0.1, -0.05) is 23.2 Å². The third-order valence-corrected chi connectivity index (χ3v) is 7.20. The molecule has 1 aromatic rings. The number of nitrogens with zero attached hydrogens (tertiary/aromatic N) is 2. The summed E-state index contributed by atoms with van der Waals surface area (Å²) in [5.74, 6) is 0.0831. The standard InChI is InChI=1S/C16H22Cl2N2O2S/c17-13-4-5-15(18)16(11-13)23(21,22)10-9-19-6-2-8-20-7-1-3-14(20)12-19/h4-5,11,14H,1-3,6-10,12H2. The summed E-state index contributed by atoms with van der Waals surface area (Å²) in [6.45, 7) is 4.81. The van der Waals surface area contributed by atoms with Crippen LogP contribution >= 0.6 is 23.2 Å². The molecule has 2 saturated heterocycles. The molecule has 3 rings (SSSR count). The van der Waals surface area contributed by atoms with Gasteiger partial charge in [0, 0.05) is 24.2 Å². The Labute approximate surface area is 148 Å². The summed E-state index contributed by atoms with van der Waals surface area (Å²) in [6, 6.07) is 5.18. The molecule has 2 fully saturated rings. The second-order valence-corrected chi connectivity index (χ2v) is 9.30. The zero-order valence-corrected chi connectivity index (χ0v) is 15.4. The Kier molecular flexibility index (Phi) is 5.53. The van der Waals surface area contributed by atoms with Crippen LogP contribution < -0.4 is 0 Å². The normalized spacial score (nSPS) is 23.7. The smallest absolute Gasteiger partial charge is 0.181 e. The van der Waals surface area contributed by atoms with Crippen molar-refractivity contribution in [2.24, 2.45) is 0 Å². The molecule has 0 N–H and O–H groups in total. The summed E-state index contributed by atoms with van der Waals surface area (Å²) in [5, 5.41) is 0.636. The lowest BCUT2D eigenvalue weighted by molar-refractivity contribution is 0.226. The molecule has 2 heterocycles. The van der Waals surface area contributed by atoms with Crippen molar-refractivity contribution in [2.75, 3.05) is 38.5 Å². The molecule has 1 unspecified atom stereocenters. The van der Waals surface area contributed by atoms with E-state index in [1.165, 1.54) is 25.5 Å². The SMILES string of the molecule is O=S(=O)(CCN1CCCN2CCCC2C1)c1cc(Cl)ccc1Cl. The van der Waals surface area contributed by atoms with Crippen molar-refractivity contribution in [1.82, 2.24) is 9.80 Å². The molecule has 0 saturated carbocycles.